The highest BCUT2D eigenvalue weighted by Crippen LogP contribution is 2.31. The Morgan fingerprint density at radius 1 is 1.17 bits per heavy atom. The van der Waals surface area contributed by atoms with Crippen molar-refractivity contribution in [2.24, 2.45) is 0 Å². The predicted molar refractivity (Wildman–Crippen MR) is 116 cm³/mol. The van der Waals surface area contributed by atoms with Gasteiger partial charge in [0, 0.05) is 22.5 Å². The molecule has 0 unspecified atom stereocenters. The number of thiophene rings is 1. The van der Waals surface area contributed by atoms with Crippen LogP contribution in [0.4, 0.5) is 0 Å². The van der Waals surface area contributed by atoms with Crippen LogP contribution in [0.25, 0.3) is 15.9 Å². The molecule has 0 fully saturated rings. The van der Waals surface area contributed by atoms with E-state index in [-0.39, 0.29) is 24.6 Å². The van der Waals surface area contributed by atoms with E-state index in [4.69, 9.17) is 16.3 Å². The summed E-state index contributed by atoms with van der Waals surface area (Å²) >= 11 is 7.26. The van der Waals surface area contributed by atoms with Crippen LogP contribution in [0.1, 0.15) is 43.1 Å². The first kappa shape index (κ1) is 21.3. The van der Waals surface area contributed by atoms with Gasteiger partial charge in [0.2, 0.25) is 0 Å². The van der Waals surface area contributed by atoms with Crippen molar-refractivity contribution in [1.29, 1.82) is 0 Å². The number of hydrogen-bond donors (Lipinski definition) is 0. The first-order chi connectivity index (χ1) is 13.7. The van der Waals surface area contributed by atoms with Gasteiger partial charge in [0.15, 0.2) is 6.61 Å². The molecule has 0 saturated carbocycles. The van der Waals surface area contributed by atoms with Crippen LogP contribution < -0.4 is 0 Å². The number of carbonyl (C=O) groups excluding carboxylic acids is 2. The lowest BCUT2D eigenvalue weighted by atomic mass is 10.2. The van der Waals surface area contributed by atoms with Crippen LogP contribution in [0.5, 0.6) is 0 Å². The first-order valence-corrected chi connectivity index (χ1v) is 10.6. The molecule has 1 amide bonds. The van der Waals surface area contributed by atoms with Gasteiger partial charge in [-0.3, -0.25) is 4.79 Å². The number of hydrogen-bond acceptors (Lipinski definition) is 5. The molecular weight excluding hydrogens is 410 g/mol. The summed E-state index contributed by atoms with van der Waals surface area (Å²) in [5, 5.41) is 6.09. The SMILES string of the molecule is Cc1nn(-c2ccc(Cl)cc2)c2sc(C(=O)OCC(=O)N(C(C)C)C(C)C)cc12. The van der Waals surface area contributed by atoms with Crippen LogP contribution in [0.2, 0.25) is 5.02 Å². The zero-order chi connectivity index (χ0) is 21.3. The van der Waals surface area contributed by atoms with E-state index in [2.05, 4.69) is 5.10 Å². The third-order valence-corrected chi connectivity index (χ3v) is 5.89. The van der Waals surface area contributed by atoms with Gasteiger partial charge in [0.25, 0.3) is 5.91 Å². The van der Waals surface area contributed by atoms with E-state index < -0.39 is 5.97 Å². The summed E-state index contributed by atoms with van der Waals surface area (Å²) in [6, 6.07) is 9.18. The topological polar surface area (TPSA) is 64.4 Å². The average Bonchev–Trinajstić information content (AvgIpc) is 3.21. The van der Waals surface area contributed by atoms with E-state index in [0.717, 1.165) is 21.6 Å². The fourth-order valence-electron chi connectivity index (χ4n) is 3.35. The Morgan fingerprint density at radius 2 is 1.79 bits per heavy atom. The van der Waals surface area contributed by atoms with Crippen molar-refractivity contribution >= 4 is 45.0 Å². The van der Waals surface area contributed by atoms with Gasteiger partial charge in [-0.05, 0) is 65.0 Å². The number of amides is 1. The van der Waals surface area contributed by atoms with E-state index in [1.807, 2.05) is 46.8 Å². The van der Waals surface area contributed by atoms with Gasteiger partial charge in [-0.2, -0.15) is 5.10 Å². The number of carbonyl (C=O) groups is 2. The lowest BCUT2D eigenvalue weighted by Crippen LogP contribution is -2.44. The maximum Gasteiger partial charge on any atom is 0.348 e. The van der Waals surface area contributed by atoms with Crippen LogP contribution in [-0.4, -0.2) is 45.2 Å². The summed E-state index contributed by atoms with van der Waals surface area (Å²) in [5.74, 6) is -0.706. The molecule has 6 nitrogen and oxygen atoms in total. The first-order valence-electron chi connectivity index (χ1n) is 9.42. The highest BCUT2D eigenvalue weighted by Gasteiger charge is 2.23. The Kier molecular flexibility index (Phi) is 6.29. The minimum atomic E-state index is -0.505. The standard InChI is InChI=1S/C21H24ClN3O3S/c1-12(2)24(13(3)4)19(26)11-28-21(27)18-10-17-14(5)23-25(20(17)29-18)16-8-6-15(22)7-9-16/h6-10,12-13H,11H2,1-5H3. The highest BCUT2D eigenvalue weighted by molar-refractivity contribution is 7.20. The molecular formula is C21H24ClN3O3S. The summed E-state index contributed by atoms with van der Waals surface area (Å²) < 4.78 is 7.09. The molecule has 0 radical (unpaired) electrons. The number of fused-ring (bicyclic) bond motifs is 1. The summed E-state index contributed by atoms with van der Waals surface area (Å²) in [6.07, 6.45) is 0. The Hall–Kier alpha value is -2.38. The molecule has 0 aliphatic rings. The summed E-state index contributed by atoms with van der Waals surface area (Å²) in [7, 11) is 0. The molecule has 0 saturated heterocycles. The second kappa shape index (κ2) is 8.55. The largest absolute Gasteiger partial charge is 0.451 e. The van der Waals surface area contributed by atoms with Gasteiger partial charge in [-0.15, -0.1) is 11.3 Å². The lowest BCUT2D eigenvalue weighted by molar-refractivity contribution is -0.138. The van der Waals surface area contributed by atoms with Crippen molar-refractivity contribution in [2.45, 2.75) is 46.7 Å². The highest BCUT2D eigenvalue weighted by atomic mass is 35.5. The molecule has 0 spiro atoms. The molecule has 2 heterocycles. The third kappa shape index (κ3) is 4.46. The molecule has 1 aromatic carbocycles. The summed E-state index contributed by atoms with van der Waals surface area (Å²) in [6.45, 7) is 9.39. The summed E-state index contributed by atoms with van der Waals surface area (Å²) in [4.78, 5) is 28.0. The molecule has 0 bridgehead atoms. The molecule has 8 heteroatoms. The van der Waals surface area contributed by atoms with E-state index in [9.17, 15) is 9.59 Å². The third-order valence-electron chi connectivity index (χ3n) is 4.54. The van der Waals surface area contributed by atoms with Crippen LogP contribution in [0.15, 0.2) is 30.3 Å². The number of aryl methyl sites for hydroxylation is 1. The quantitative estimate of drug-likeness (QED) is 0.521. The number of rotatable bonds is 6. The lowest BCUT2D eigenvalue weighted by Gasteiger charge is -2.30. The molecule has 0 atom stereocenters. The Labute approximate surface area is 179 Å². The normalized spacial score (nSPS) is 11.4. The van der Waals surface area contributed by atoms with Crippen LogP contribution >= 0.6 is 22.9 Å². The maximum atomic E-state index is 12.6. The van der Waals surface area contributed by atoms with E-state index >= 15 is 0 Å². The second-order valence-electron chi connectivity index (χ2n) is 7.37. The zero-order valence-corrected chi connectivity index (χ0v) is 18.7. The van der Waals surface area contributed by atoms with Crippen molar-refractivity contribution in [3.8, 4) is 5.69 Å². The predicted octanol–water partition coefficient (Wildman–Crippen LogP) is 4.85. The molecule has 3 aromatic rings. The number of ether oxygens (including phenoxy) is 1. The Balaban J connectivity index is 1.80. The van der Waals surface area contributed by atoms with Crippen LogP contribution in [0, 0.1) is 6.92 Å². The second-order valence-corrected chi connectivity index (χ2v) is 8.83. The molecule has 0 aliphatic carbocycles. The van der Waals surface area contributed by atoms with Crippen molar-refractivity contribution in [2.75, 3.05) is 6.61 Å². The minimum absolute atomic E-state index is 0.0403. The average molecular weight is 434 g/mol. The van der Waals surface area contributed by atoms with Gasteiger partial charge in [-0.1, -0.05) is 11.6 Å². The zero-order valence-electron chi connectivity index (χ0n) is 17.1. The fourth-order valence-corrected chi connectivity index (χ4v) is 4.55. The van der Waals surface area contributed by atoms with E-state index in [1.54, 1.807) is 27.8 Å². The van der Waals surface area contributed by atoms with E-state index in [1.165, 1.54) is 11.3 Å². The number of benzene rings is 1. The molecule has 154 valence electrons. The molecule has 0 aliphatic heterocycles. The smallest absolute Gasteiger partial charge is 0.348 e. The van der Waals surface area contributed by atoms with Gasteiger partial charge in [0.1, 0.15) is 9.71 Å². The number of nitrogens with zero attached hydrogens (tertiary/aromatic N) is 3. The van der Waals surface area contributed by atoms with Gasteiger partial charge in [-0.25, -0.2) is 9.48 Å². The molecule has 3 rings (SSSR count). The van der Waals surface area contributed by atoms with Crippen molar-refractivity contribution in [3.63, 3.8) is 0 Å². The number of halogens is 1. The molecule has 2 aromatic heterocycles. The maximum absolute atomic E-state index is 12.6. The van der Waals surface area contributed by atoms with Crippen molar-refractivity contribution in [1.82, 2.24) is 14.7 Å². The Morgan fingerprint density at radius 3 is 2.38 bits per heavy atom. The Bertz CT molecular complexity index is 1030. The number of aromatic nitrogens is 2. The van der Waals surface area contributed by atoms with Crippen molar-refractivity contribution < 1.29 is 14.3 Å². The van der Waals surface area contributed by atoms with Crippen LogP contribution in [-0.2, 0) is 9.53 Å². The summed E-state index contributed by atoms with van der Waals surface area (Å²) in [5.41, 5.74) is 1.67. The minimum Gasteiger partial charge on any atom is -0.451 e. The fraction of sp³-hybridized carbons (Fsp3) is 0.381. The molecule has 0 N–H and O–H groups in total. The monoisotopic (exact) mass is 433 g/mol. The molecule has 29 heavy (non-hydrogen) atoms. The van der Waals surface area contributed by atoms with Crippen LogP contribution in [0.3, 0.4) is 0 Å². The van der Waals surface area contributed by atoms with Crippen molar-refractivity contribution in [3.05, 3.63) is 45.9 Å². The van der Waals surface area contributed by atoms with Gasteiger partial charge >= 0.3 is 5.97 Å². The van der Waals surface area contributed by atoms with E-state index in [0.29, 0.717) is 9.90 Å². The van der Waals surface area contributed by atoms with Gasteiger partial charge in [0.05, 0.1) is 11.4 Å². The van der Waals surface area contributed by atoms with Gasteiger partial charge < -0.3 is 9.64 Å². The number of esters is 1.